The van der Waals surface area contributed by atoms with Crippen LogP contribution in [-0.4, -0.2) is 83.9 Å². The maximum Gasteiger partial charge on any atom is 0.240 e. The molecular weight excluding hydrogens is 458 g/mol. The molecule has 2 saturated heterocycles. The van der Waals surface area contributed by atoms with E-state index in [2.05, 4.69) is 66.9 Å². The number of carbonyl (C=O) groups excluding carboxylic acids is 2. The standard InChI is InChI=1S/C27H39N5O2S/c1-18-10-19(2)14-32(13-18)26(34)16-31-8-6-30(7-9-31)15-25(33)29-27-28-24(17-35-27)23-12-21(4)20(3)11-22(23)5/h11-12,17-19H,6-10,13-16H2,1-5H3,(H,28,29,33). The molecule has 4 rings (SSSR count). The van der Waals surface area contributed by atoms with Gasteiger partial charge in [0.1, 0.15) is 0 Å². The van der Waals surface area contributed by atoms with Crippen LogP contribution in [0.4, 0.5) is 5.13 Å². The lowest BCUT2D eigenvalue weighted by Gasteiger charge is -2.38. The first-order valence-corrected chi connectivity index (χ1v) is 13.6. The van der Waals surface area contributed by atoms with Gasteiger partial charge in [0.15, 0.2) is 5.13 Å². The molecule has 1 aromatic carbocycles. The molecule has 2 unspecified atom stereocenters. The Hall–Kier alpha value is -2.29. The molecule has 1 N–H and O–H groups in total. The summed E-state index contributed by atoms with van der Waals surface area (Å²) in [6.07, 6.45) is 1.21. The minimum Gasteiger partial charge on any atom is -0.341 e. The highest BCUT2D eigenvalue weighted by Gasteiger charge is 2.28. The zero-order valence-corrected chi connectivity index (χ0v) is 22.6. The van der Waals surface area contributed by atoms with Gasteiger partial charge in [-0.15, -0.1) is 11.3 Å². The molecule has 35 heavy (non-hydrogen) atoms. The van der Waals surface area contributed by atoms with Crippen LogP contribution >= 0.6 is 11.3 Å². The second kappa shape index (κ2) is 11.2. The van der Waals surface area contributed by atoms with Gasteiger partial charge in [-0.2, -0.15) is 0 Å². The van der Waals surface area contributed by atoms with E-state index in [0.717, 1.165) is 50.5 Å². The molecule has 7 nitrogen and oxygen atoms in total. The van der Waals surface area contributed by atoms with Crippen LogP contribution in [0.2, 0.25) is 0 Å². The molecule has 3 heterocycles. The number of amides is 2. The number of hydrogen-bond donors (Lipinski definition) is 1. The summed E-state index contributed by atoms with van der Waals surface area (Å²) in [5.41, 5.74) is 5.72. The molecule has 2 amide bonds. The molecule has 0 radical (unpaired) electrons. The van der Waals surface area contributed by atoms with Crippen molar-refractivity contribution < 1.29 is 9.59 Å². The quantitative estimate of drug-likeness (QED) is 0.658. The van der Waals surface area contributed by atoms with Crippen molar-refractivity contribution in [3.05, 3.63) is 34.2 Å². The lowest BCUT2D eigenvalue weighted by Crippen LogP contribution is -2.52. The van der Waals surface area contributed by atoms with Crippen LogP contribution in [0.15, 0.2) is 17.5 Å². The minimum absolute atomic E-state index is 0.0384. The molecular formula is C27H39N5O2S. The van der Waals surface area contributed by atoms with Crippen LogP contribution in [-0.2, 0) is 9.59 Å². The van der Waals surface area contributed by atoms with E-state index >= 15 is 0 Å². The van der Waals surface area contributed by atoms with Crippen molar-refractivity contribution in [1.29, 1.82) is 0 Å². The first kappa shape index (κ1) is 25.8. The van der Waals surface area contributed by atoms with Gasteiger partial charge < -0.3 is 10.2 Å². The summed E-state index contributed by atoms with van der Waals surface area (Å²) >= 11 is 1.46. The normalized spacial score (nSPS) is 21.8. The number of aryl methyl sites for hydroxylation is 3. The van der Waals surface area contributed by atoms with Crippen LogP contribution in [0.5, 0.6) is 0 Å². The smallest absolute Gasteiger partial charge is 0.240 e. The van der Waals surface area contributed by atoms with Gasteiger partial charge in [0.05, 0.1) is 18.8 Å². The number of carbonyl (C=O) groups is 2. The van der Waals surface area contributed by atoms with Crippen LogP contribution in [0, 0.1) is 32.6 Å². The number of likely N-dealkylation sites (tertiary alicyclic amines) is 1. The van der Waals surface area contributed by atoms with Crippen LogP contribution in [0.3, 0.4) is 0 Å². The average Bonchev–Trinajstić information content (AvgIpc) is 3.25. The number of piperidine rings is 1. The van der Waals surface area contributed by atoms with Crippen molar-refractivity contribution in [2.75, 3.05) is 57.7 Å². The monoisotopic (exact) mass is 497 g/mol. The van der Waals surface area contributed by atoms with Crippen LogP contribution in [0.25, 0.3) is 11.3 Å². The number of hydrogen-bond acceptors (Lipinski definition) is 6. The number of nitrogens with one attached hydrogen (secondary N) is 1. The Bertz CT molecular complexity index is 1050. The topological polar surface area (TPSA) is 68.8 Å². The number of benzene rings is 1. The second-order valence-electron chi connectivity index (χ2n) is 10.6. The highest BCUT2D eigenvalue weighted by atomic mass is 32.1. The number of aromatic nitrogens is 1. The van der Waals surface area contributed by atoms with Gasteiger partial charge >= 0.3 is 0 Å². The fourth-order valence-electron chi connectivity index (χ4n) is 5.32. The number of anilines is 1. The van der Waals surface area contributed by atoms with E-state index in [1.165, 1.54) is 34.4 Å². The van der Waals surface area contributed by atoms with Gasteiger partial charge in [0, 0.05) is 50.2 Å². The highest BCUT2D eigenvalue weighted by Crippen LogP contribution is 2.29. The molecule has 0 saturated carbocycles. The molecule has 0 aliphatic carbocycles. The van der Waals surface area contributed by atoms with Crippen molar-refractivity contribution in [2.24, 2.45) is 11.8 Å². The van der Waals surface area contributed by atoms with Crippen molar-refractivity contribution in [2.45, 2.75) is 41.0 Å². The summed E-state index contributed by atoms with van der Waals surface area (Å²) in [5, 5.41) is 5.61. The minimum atomic E-state index is -0.0384. The predicted octanol–water partition coefficient (Wildman–Crippen LogP) is 3.80. The summed E-state index contributed by atoms with van der Waals surface area (Å²) < 4.78 is 0. The molecule has 8 heteroatoms. The molecule has 2 aliphatic rings. The molecule has 0 bridgehead atoms. The van der Waals surface area contributed by atoms with Crippen LogP contribution < -0.4 is 5.32 Å². The van der Waals surface area contributed by atoms with E-state index in [4.69, 9.17) is 0 Å². The Morgan fingerprint density at radius 1 is 0.943 bits per heavy atom. The Morgan fingerprint density at radius 3 is 2.20 bits per heavy atom. The van der Waals surface area contributed by atoms with Crippen molar-refractivity contribution in [3.63, 3.8) is 0 Å². The molecule has 2 atom stereocenters. The fraction of sp³-hybridized carbons (Fsp3) is 0.593. The first-order chi connectivity index (χ1) is 16.7. The van der Waals surface area contributed by atoms with E-state index in [-0.39, 0.29) is 11.8 Å². The summed E-state index contributed by atoms with van der Waals surface area (Å²) in [7, 11) is 0. The number of nitrogens with zero attached hydrogens (tertiary/aromatic N) is 4. The molecule has 2 aromatic rings. The third-order valence-electron chi connectivity index (χ3n) is 7.28. The Labute approximate surface area is 213 Å². The lowest BCUT2D eigenvalue weighted by molar-refractivity contribution is -0.135. The molecule has 2 aliphatic heterocycles. The largest absolute Gasteiger partial charge is 0.341 e. The Kier molecular flexibility index (Phi) is 8.24. The number of thiazole rings is 1. The molecule has 0 spiro atoms. The molecule has 1 aromatic heterocycles. The van der Waals surface area contributed by atoms with Gasteiger partial charge in [-0.05, 0) is 61.8 Å². The SMILES string of the molecule is Cc1cc(C)c(-c2csc(NC(=O)CN3CCN(CC(=O)N4CC(C)CC(C)C4)CC3)n2)cc1C. The van der Waals surface area contributed by atoms with Gasteiger partial charge in [0.25, 0.3) is 0 Å². The summed E-state index contributed by atoms with van der Waals surface area (Å²) in [6.45, 7) is 16.6. The number of piperazine rings is 1. The van der Waals surface area contributed by atoms with E-state index in [1.54, 1.807) is 0 Å². The zero-order chi connectivity index (χ0) is 25.1. The van der Waals surface area contributed by atoms with Gasteiger partial charge in [-0.3, -0.25) is 19.4 Å². The second-order valence-corrected chi connectivity index (χ2v) is 11.5. The Balaban J connectivity index is 1.23. The van der Waals surface area contributed by atoms with Gasteiger partial charge in [0.2, 0.25) is 11.8 Å². The van der Waals surface area contributed by atoms with Crippen LogP contribution in [0.1, 0.15) is 37.0 Å². The third-order valence-corrected chi connectivity index (χ3v) is 8.04. The van der Waals surface area contributed by atoms with Crippen molar-refractivity contribution in [1.82, 2.24) is 19.7 Å². The van der Waals surface area contributed by atoms with Crippen molar-refractivity contribution in [3.8, 4) is 11.3 Å². The maximum absolute atomic E-state index is 12.8. The third kappa shape index (κ3) is 6.68. The number of rotatable bonds is 6. The lowest BCUT2D eigenvalue weighted by atomic mass is 9.92. The highest BCUT2D eigenvalue weighted by molar-refractivity contribution is 7.14. The molecule has 2 fully saturated rings. The Morgan fingerprint density at radius 2 is 1.54 bits per heavy atom. The average molecular weight is 498 g/mol. The van der Waals surface area contributed by atoms with Crippen molar-refractivity contribution >= 4 is 28.3 Å². The predicted molar refractivity (Wildman–Crippen MR) is 143 cm³/mol. The van der Waals surface area contributed by atoms with E-state index in [9.17, 15) is 9.59 Å². The first-order valence-electron chi connectivity index (χ1n) is 12.7. The van der Waals surface area contributed by atoms with E-state index < -0.39 is 0 Å². The maximum atomic E-state index is 12.8. The summed E-state index contributed by atoms with van der Waals surface area (Å²) in [4.78, 5) is 36.5. The van der Waals surface area contributed by atoms with E-state index in [0.29, 0.717) is 30.1 Å². The summed E-state index contributed by atoms with van der Waals surface area (Å²) in [6, 6.07) is 4.35. The zero-order valence-electron chi connectivity index (χ0n) is 21.8. The summed E-state index contributed by atoms with van der Waals surface area (Å²) in [5.74, 6) is 1.37. The van der Waals surface area contributed by atoms with Gasteiger partial charge in [-0.25, -0.2) is 4.98 Å². The van der Waals surface area contributed by atoms with E-state index in [1.807, 2.05) is 10.3 Å². The van der Waals surface area contributed by atoms with Gasteiger partial charge in [-0.1, -0.05) is 19.9 Å². The molecule has 190 valence electrons. The fourth-order valence-corrected chi connectivity index (χ4v) is 6.04.